The van der Waals surface area contributed by atoms with Crippen LogP contribution in [0.2, 0.25) is 0 Å². The smallest absolute Gasteiger partial charge is 0.407 e. The second-order valence-corrected chi connectivity index (χ2v) is 8.85. The maximum atomic E-state index is 11.6. The lowest BCUT2D eigenvalue weighted by Gasteiger charge is -2.32. The van der Waals surface area contributed by atoms with Gasteiger partial charge in [0.15, 0.2) is 0 Å². The minimum Gasteiger partial charge on any atom is -0.490 e. The van der Waals surface area contributed by atoms with Gasteiger partial charge in [-0.3, -0.25) is 5.41 Å². The van der Waals surface area contributed by atoms with E-state index in [1.165, 1.54) is 0 Å². The van der Waals surface area contributed by atoms with Gasteiger partial charge < -0.3 is 25.4 Å². The molecule has 0 unspecified atom stereocenters. The van der Waals surface area contributed by atoms with Crippen molar-refractivity contribution in [3.8, 4) is 5.75 Å². The number of rotatable bonds is 7. The van der Waals surface area contributed by atoms with E-state index in [0.29, 0.717) is 24.8 Å². The van der Waals surface area contributed by atoms with Crippen molar-refractivity contribution in [2.45, 2.75) is 39.3 Å². The number of amidine groups is 2. The number of hydrogen-bond donors (Lipinski definition) is 3. The average Bonchev–Trinajstić information content (AvgIpc) is 2.88. The molecule has 4 N–H and O–H groups in total. The summed E-state index contributed by atoms with van der Waals surface area (Å²) in [5.41, 5.74) is 8.88. The van der Waals surface area contributed by atoms with Gasteiger partial charge in [-0.2, -0.15) is 0 Å². The second kappa shape index (κ2) is 11.6. The monoisotopic (exact) mass is 487 g/mol. The predicted molar refractivity (Wildman–Crippen MR) is 143 cm³/mol. The van der Waals surface area contributed by atoms with Crippen LogP contribution in [0.4, 0.5) is 10.5 Å². The van der Waals surface area contributed by atoms with Crippen molar-refractivity contribution in [2.24, 2.45) is 10.7 Å². The summed E-state index contributed by atoms with van der Waals surface area (Å²) >= 11 is 0. The number of alkyl carbamates (subject to hydrolysis) is 1. The van der Waals surface area contributed by atoms with Gasteiger partial charge >= 0.3 is 6.09 Å². The summed E-state index contributed by atoms with van der Waals surface area (Å²) < 4.78 is 11.0. The number of ether oxygens (including phenoxy) is 2. The Bertz CT molecular complexity index is 1250. The highest BCUT2D eigenvalue weighted by Crippen LogP contribution is 2.24. The third-order valence-corrected chi connectivity index (χ3v) is 6.22. The topological polar surface area (TPSA) is 113 Å². The lowest BCUT2D eigenvalue weighted by molar-refractivity contribution is 0.130. The Morgan fingerprint density at radius 2 is 1.81 bits per heavy atom. The third-order valence-electron chi connectivity index (χ3n) is 6.22. The molecular formula is C28H33N5O3. The number of nitrogens with zero attached hydrogens (tertiary/aromatic N) is 2. The fourth-order valence-corrected chi connectivity index (χ4v) is 4.23. The molecule has 0 atom stereocenters. The number of nitrogens with two attached hydrogens (primary N) is 1. The van der Waals surface area contributed by atoms with Gasteiger partial charge in [0, 0.05) is 38.0 Å². The summed E-state index contributed by atoms with van der Waals surface area (Å²) in [6, 6.07) is 19.6. The van der Waals surface area contributed by atoms with E-state index in [4.69, 9.17) is 20.6 Å². The second-order valence-electron chi connectivity index (χ2n) is 8.85. The first-order chi connectivity index (χ1) is 17.4. The zero-order valence-electron chi connectivity index (χ0n) is 20.8. The highest BCUT2D eigenvalue weighted by atomic mass is 16.5. The maximum Gasteiger partial charge on any atom is 0.407 e. The highest BCUT2D eigenvalue weighted by Gasteiger charge is 2.20. The van der Waals surface area contributed by atoms with E-state index in [1.807, 2.05) is 67.6 Å². The Balaban J connectivity index is 1.40. The molecule has 3 aromatic carbocycles. The molecule has 4 rings (SSSR count). The van der Waals surface area contributed by atoms with E-state index in [9.17, 15) is 4.79 Å². The zero-order valence-corrected chi connectivity index (χ0v) is 20.8. The summed E-state index contributed by atoms with van der Waals surface area (Å²) in [6.45, 7) is 6.04. The molecule has 8 nitrogen and oxygen atoms in total. The Hall–Kier alpha value is -4.07. The van der Waals surface area contributed by atoms with Gasteiger partial charge in [-0.05, 0) is 66.6 Å². The summed E-state index contributed by atoms with van der Waals surface area (Å²) in [6.07, 6.45) is 1.55. The fourth-order valence-electron chi connectivity index (χ4n) is 4.23. The van der Waals surface area contributed by atoms with E-state index in [0.717, 1.165) is 59.3 Å². The van der Waals surface area contributed by atoms with Crippen LogP contribution in [0.25, 0.3) is 10.8 Å². The van der Waals surface area contributed by atoms with E-state index >= 15 is 0 Å². The van der Waals surface area contributed by atoms with Crippen LogP contribution >= 0.6 is 0 Å². The molecule has 0 aliphatic carbocycles. The minimum atomic E-state index is -0.428. The molecule has 0 radical (unpaired) electrons. The number of amides is 1. The number of aliphatic imine (C=N–C) groups is 1. The molecule has 0 saturated carbocycles. The number of nitrogens with one attached hydrogen (secondary N) is 2. The number of fused-ring (bicyclic) bond motifs is 1. The summed E-state index contributed by atoms with van der Waals surface area (Å²) in [7, 11) is 0. The van der Waals surface area contributed by atoms with Crippen molar-refractivity contribution in [3.63, 3.8) is 0 Å². The molecule has 1 amide bonds. The molecule has 1 fully saturated rings. The van der Waals surface area contributed by atoms with Crippen LogP contribution in [0.5, 0.6) is 5.75 Å². The van der Waals surface area contributed by atoms with Crippen molar-refractivity contribution in [2.75, 3.05) is 19.7 Å². The van der Waals surface area contributed by atoms with Gasteiger partial charge in [0.05, 0.1) is 18.1 Å². The van der Waals surface area contributed by atoms with Crippen molar-refractivity contribution < 1.29 is 14.3 Å². The summed E-state index contributed by atoms with van der Waals surface area (Å²) in [4.78, 5) is 18.2. The molecule has 0 spiro atoms. The van der Waals surface area contributed by atoms with Crippen molar-refractivity contribution in [1.82, 2.24) is 10.2 Å². The van der Waals surface area contributed by atoms with Gasteiger partial charge in [0.25, 0.3) is 0 Å². The Kier molecular flexibility index (Phi) is 8.05. The average molecular weight is 488 g/mol. The number of carbonyl (C=O) groups excluding carboxylic acids is 1. The van der Waals surface area contributed by atoms with Crippen LogP contribution in [0.15, 0.2) is 65.7 Å². The van der Waals surface area contributed by atoms with Crippen LogP contribution < -0.4 is 15.8 Å². The van der Waals surface area contributed by atoms with Gasteiger partial charge in [-0.25, -0.2) is 9.79 Å². The fraction of sp³-hybridized carbons (Fsp3) is 0.321. The van der Waals surface area contributed by atoms with Gasteiger partial charge in [0.2, 0.25) is 0 Å². The van der Waals surface area contributed by atoms with Crippen molar-refractivity contribution >= 4 is 34.2 Å². The number of benzene rings is 3. The SMILES string of the molecule is CCOC(=O)NCc1ccc2ccc(C(N)=Nc3ccc(OC4CCN(C(C)=N)CC4)cc3)cc2c1. The van der Waals surface area contributed by atoms with Crippen LogP contribution in [0.3, 0.4) is 0 Å². The van der Waals surface area contributed by atoms with Crippen molar-refractivity contribution in [3.05, 3.63) is 71.8 Å². The Labute approximate surface area is 211 Å². The van der Waals surface area contributed by atoms with E-state index < -0.39 is 6.09 Å². The molecule has 3 aromatic rings. The number of carbonyl (C=O) groups is 1. The lowest BCUT2D eigenvalue weighted by Crippen LogP contribution is -2.40. The van der Waals surface area contributed by atoms with Crippen molar-refractivity contribution in [1.29, 1.82) is 5.41 Å². The molecule has 188 valence electrons. The standard InChI is InChI=1S/C28H33N5O3/c1-3-35-28(34)31-18-20-4-5-21-6-7-22(17-23(21)16-20)27(30)32-24-8-10-25(11-9-24)36-26-12-14-33(15-13-26)19(2)29/h4-11,16-17,26,29H,3,12-15,18H2,1-2H3,(H2,30,32)(H,31,34). The Morgan fingerprint density at radius 3 is 2.50 bits per heavy atom. The van der Waals surface area contributed by atoms with E-state index in [-0.39, 0.29) is 6.10 Å². The first-order valence-electron chi connectivity index (χ1n) is 12.3. The van der Waals surface area contributed by atoms with Gasteiger partial charge in [-0.15, -0.1) is 0 Å². The molecule has 0 aromatic heterocycles. The third kappa shape index (κ3) is 6.53. The molecule has 8 heteroatoms. The van der Waals surface area contributed by atoms with Crippen LogP contribution in [-0.2, 0) is 11.3 Å². The number of likely N-dealkylation sites (tertiary alicyclic amines) is 1. The lowest BCUT2D eigenvalue weighted by atomic mass is 10.0. The largest absolute Gasteiger partial charge is 0.490 e. The quantitative estimate of drug-likeness (QED) is 0.322. The first kappa shape index (κ1) is 25.0. The van der Waals surface area contributed by atoms with Crippen LogP contribution in [-0.4, -0.2) is 48.5 Å². The number of hydrogen-bond acceptors (Lipinski definition) is 5. The summed E-state index contributed by atoms with van der Waals surface area (Å²) in [5.74, 6) is 1.85. The Morgan fingerprint density at radius 1 is 1.08 bits per heavy atom. The van der Waals surface area contributed by atoms with Crippen LogP contribution in [0, 0.1) is 5.41 Å². The maximum absolute atomic E-state index is 11.6. The van der Waals surface area contributed by atoms with Gasteiger partial charge in [-0.1, -0.05) is 24.3 Å². The molecule has 0 bridgehead atoms. The minimum absolute atomic E-state index is 0.162. The summed E-state index contributed by atoms with van der Waals surface area (Å²) in [5, 5.41) is 12.6. The van der Waals surface area contributed by atoms with E-state index in [1.54, 1.807) is 6.92 Å². The highest BCUT2D eigenvalue weighted by molar-refractivity contribution is 6.02. The molecular weight excluding hydrogens is 454 g/mol. The molecule has 1 heterocycles. The van der Waals surface area contributed by atoms with E-state index in [2.05, 4.69) is 15.2 Å². The molecule has 1 aliphatic rings. The molecule has 1 saturated heterocycles. The van der Waals surface area contributed by atoms with Gasteiger partial charge in [0.1, 0.15) is 17.7 Å². The number of piperidine rings is 1. The molecule has 36 heavy (non-hydrogen) atoms. The van der Waals surface area contributed by atoms with Crippen LogP contribution in [0.1, 0.15) is 37.8 Å². The normalized spacial score (nSPS) is 14.5. The first-order valence-corrected chi connectivity index (χ1v) is 12.3. The zero-order chi connectivity index (χ0) is 25.5. The predicted octanol–water partition coefficient (Wildman–Crippen LogP) is 4.96. The molecule has 1 aliphatic heterocycles.